The first-order valence-electron chi connectivity index (χ1n) is 9.85. The first-order valence-corrected chi connectivity index (χ1v) is 12.1. The van der Waals surface area contributed by atoms with E-state index in [9.17, 15) is 13.2 Å². The molecule has 0 saturated heterocycles. The number of carbonyl (C=O) groups excluding carboxylic acids is 1. The minimum atomic E-state index is -3.61. The summed E-state index contributed by atoms with van der Waals surface area (Å²) in [5.41, 5.74) is 3.48. The van der Waals surface area contributed by atoms with Crippen molar-refractivity contribution in [3.05, 3.63) is 77.4 Å². The maximum atomic E-state index is 12.7. The van der Waals surface area contributed by atoms with E-state index >= 15 is 0 Å². The second-order valence-electron chi connectivity index (χ2n) is 7.29. The van der Waals surface area contributed by atoms with Gasteiger partial charge in [0, 0.05) is 23.0 Å². The standard InChI is InChI=1S/C23H26N2O3S2/c1-4-17(3)25-23(26)19-10-8-18(9-11-19)15-24-30(27,28)22-13-12-21(29-22)20-7-5-6-16(2)14-20/h5-14,17,24H,4,15H2,1-3H3,(H,25,26). The Bertz CT molecular complexity index is 1120. The van der Waals surface area contributed by atoms with Gasteiger partial charge in [0.1, 0.15) is 4.21 Å². The van der Waals surface area contributed by atoms with Crippen LogP contribution in [-0.4, -0.2) is 20.4 Å². The second kappa shape index (κ2) is 9.55. The zero-order valence-corrected chi connectivity index (χ0v) is 18.9. The lowest BCUT2D eigenvalue weighted by molar-refractivity contribution is 0.0939. The lowest BCUT2D eigenvalue weighted by Crippen LogP contribution is -2.31. The molecule has 5 nitrogen and oxygen atoms in total. The molecule has 0 aliphatic rings. The average molecular weight is 443 g/mol. The van der Waals surface area contributed by atoms with Gasteiger partial charge in [-0.15, -0.1) is 11.3 Å². The monoisotopic (exact) mass is 442 g/mol. The Balaban J connectivity index is 1.65. The maximum Gasteiger partial charge on any atom is 0.251 e. The predicted octanol–water partition coefficient (Wildman–Crippen LogP) is 4.73. The van der Waals surface area contributed by atoms with Gasteiger partial charge in [-0.25, -0.2) is 13.1 Å². The summed E-state index contributed by atoms with van der Waals surface area (Å²) in [5, 5.41) is 2.91. The Morgan fingerprint density at radius 2 is 1.80 bits per heavy atom. The molecule has 1 unspecified atom stereocenters. The van der Waals surface area contributed by atoms with Gasteiger partial charge in [-0.3, -0.25) is 4.79 Å². The fraction of sp³-hybridized carbons (Fsp3) is 0.261. The Hall–Kier alpha value is -2.48. The van der Waals surface area contributed by atoms with Crippen LogP contribution in [0.3, 0.4) is 0 Å². The smallest absolute Gasteiger partial charge is 0.251 e. The average Bonchev–Trinajstić information content (AvgIpc) is 3.24. The largest absolute Gasteiger partial charge is 0.350 e. The molecule has 30 heavy (non-hydrogen) atoms. The van der Waals surface area contributed by atoms with Crippen LogP contribution in [0.25, 0.3) is 10.4 Å². The molecule has 2 aromatic carbocycles. The van der Waals surface area contributed by atoms with E-state index in [4.69, 9.17) is 0 Å². The Labute approximate surface area is 182 Å². The molecular formula is C23H26N2O3S2. The summed E-state index contributed by atoms with van der Waals surface area (Å²) in [7, 11) is -3.61. The number of rotatable bonds is 8. The molecule has 1 atom stereocenters. The molecule has 0 fully saturated rings. The molecule has 0 radical (unpaired) electrons. The number of nitrogens with one attached hydrogen (secondary N) is 2. The van der Waals surface area contributed by atoms with Crippen molar-refractivity contribution in [2.24, 2.45) is 0 Å². The van der Waals surface area contributed by atoms with Crippen molar-refractivity contribution in [3.8, 4) is 10.4 Å². The zero-order chi connectivity index (χ0) is 21.7. The zero-order valence-electron chi connectivity index (χ0n) is 17.3. The van der Waals surface area contributed by atoms with Crippen LogP contribution in [0, 0.1) is 6.92 Å². The summed E-state index contributed by atoms with van der Waals surface area (Å²) in [6, 6.07) is 18.5. The number of aryl methyl sites for hydroxylation is 1. The number of amides is 1. The van der Waals surface area contributed by atoms with Crippen LogP contribution in [0.15, 0.2) is 64.9 Å². The summed E-state index contributed by atoms with van der Waals surface area (Å²) >= 11 is 1.25. The molecule has 0 saturated carbocycles. The van der Waals surface area contributed by atoms with Gasteiger partial charge in [-0.1, -0.05) is 48.9 Å². The summed E-state index contributed by atoms with van der Waals surface area (Å²) in [5.74, 6) is -0.126. The summed E-state index contributed by atoms with van der Waals surface area (Å²) in [6.07, 6.45) is 0.861. The Morgan fingerprint density at radius 3 is 2.47 bits per heavy atom. The fourth-order valence-corrected chi connectivity index (χ4v) is 5.22. The van der Waals surface area contributed by atoms with Crippen molar-refractivity contribution in [1.29, 1.82) is 0 Å². The van der Waals surface area contributed by atoms with Crippen LogP contribution in [0.5, 0.6) is 0 Å². The summed E-state index contributed by atoms with van der Waals surface area (Å²) in [6.45, 7) is 6.14. The van der Waals surface area contributed by atoms with Crippen molar-refractivity contribution >= 4 is 27.3 Å². The molecule has 7 heteroatoms. The van der Waals surface area contributed by atoms with Gasteiger partial charge in [-0.05, 0) is 55.7 Å². The van der Waals surface area contributed by atoms with Gasteiger partial charge in [0.05, 0.1) is 0 Å². The minimum Gasteiger partial charge on any atom is -0.350 e. The third-order valence-corrected chi connectivity index (χ3v) is 7.85. The maximum absolute atomic E-state index is 12.7. The van der Waals surface area contributed by atoms with Gasteiger partial charge in [0.25, 0.3) is 5.91 Å². The van der Waals surface area contributed by atoms with E-state index in [0.29, 0.717) is 5.56 Å². The normalized spacial score (nSPS) is 12.5. The van der Waals surface area contributed by atoms with Crippen LogP contribution >= 0.6 is 11.3 Å². The number of hydrogen-bond acceptors (Lipinski definition) is 4. The van der Waals surface area contributed by atoms with E-state index in [1.807, 2.05) is 51.1 Å². The van der Waals surface area contributed by atoms with Crippen LogP contribution in [0.2, 0.25) is 0 Å². The molecular weight excluding hydrogens is 416 g/mol. The van der Waals surface area contributed by atoms with Gasteiger partial charge in [0.2, 0.25) is 10.0 Å². The van der Waals surface area contributed by atoms with Crippen LogP contribution in [0.4, 0.5) is 0 Å². The van der Waals surface area contributed by atoms with Gasteiger partial charge in [0.15, 0.2) is 0 Å². The SMILES string of the molecule is CCC(C)NC(=O)c1ccc(CNS(=O)(=O)c2ccc(-c3cccc(C)c3)s2)cc1. The number of sulfonamides is 1. The summed E-state index contributed by atoms with van der Waals surface area (Å²) < 4.78 is 28.3. The number of thiophene rings is 1. The van der Waals surface area contributed by atoms with Crippen LogP contribution in [0.1, 0.15) is 41.8 Å². The summed E-state index contributed by atoms with van der Waals surface area (Å²) in [4.78, 5) is 13.1. The van der Waals surface area contributed by atoms with Crippen molar-refractivity contribution in [3.63, 3.8) is 0 Å². The van der Waals surface area contributed by atoms with E-state index in [1.54, 1.807) is 30.3 Å². The molecule has 1 heterocycles. The number of hydrogen-bond donors (Lipinski definition) is 2. The van der Waals surface area contributed by atoms with Crippen LogP contribution in [-0.2, 0) is 16.6 Å². The number of benzene rings is 2. The van der Waals surface area contributed by atoms with E-state index in [2.05, 4.69) is 10.0 Å². The lowest BCUT2D eigenvalue weighted by atomic mass is 10.1. The highest BCUT2D eigenvalue weighted by atomic mass is 32.2. The molecule has 1 aromatic heterocycles. The van der Waals surface area contributed by atoms with Gasteiger partial charge in [-0.2, -0.15) is 0 Å². The molecule has 1 amide bonds. The molecule has 0 bridgehead atoms. The van der Waals surface area contributed by atoms with Crippen molar-refractivity contribution < 1.29 is 13.2 Å². The van der Waals surface area contributed by atoms with Crippen LogP contribution < -0.4 is 10.0 Å². The van der Waals surface area contributed by atoms with Crippen molar-refractivity contribution in [1.82, 2.24) is 10.0 Å². The highest BCUT2D eigenvalue weighted by Crippen LogP contribution is 2.31. The Kier molecular flexibility index (Phi) is 7.07. The predicted molar refractivity (Wildman–Crippen MR) is 122 cm³/mol. The van der Waals surface area contributed by atoms with Gasteiger partial charge < -0.3 is 5.32 Å². The third-order valence-electron chi connectivity index (χ3n) is 4.82. The third kappa shape index (κ3) is 5.56. The quantitative estimate of drug-likeness (QED) is 0.530. The molecule has 0 aliphatic carbocycles. The molecule has 0 aliphatic heterocycles. The van der Waals surface area contributed by atoms with E-state index < -0.39 is 10.0 Å². The van der Waals surface area contributed by atoms with E-state index in [1.165, 1.54) is 11.3 Å². The fourth-order valence-electron chi connectivity index (χ4n) is 2.85. The first kappa shape index (κ1) is 22.2. The molecule has 2 N–H and O–H groups in total. The van der Waals surface area contributed by atoms with E-state index in [0.717, 1.165) is 28.0 Å². The van der Waals surface area contributed by atoms with E-state index in [-0.39, 0.29) is 22.7 Å². The highest BCUT2D eigenvalue weighted by molar-refractivity contribution is 7.91. The van der Waals surface area contributed by atoms with Gasteiger partial charge >= 0.3 is 0 Å². The minimum absolute atomic E-state index is 0.111. The highest BCUT2D eigenvalue weighted by Gasteiger charge is 2.17. The first-order chi connectivity index (χ1) is 14.3. The lowest BCUT2D eigenvalue weighted by Gasteiger charge is -2.11. The van der Waals surface area contributed by atoms with Crippen molar-refractivity contribution in [2.45, 2.75) is 44.0 Å². The van der Waals surface area contributed by atoms with Crippen molar-refractivity contribution in [2.75, 3.05) is 0 Å². The molecule has 3 aromatic rings. The number of carbonyl (C=O) groups is 1. The molecule has 0 spiro atoms. The molecule has 158 valence electrons. The Morgan fingerprint density at radius 1 is 1.07 bits per heavy atom. The topological polar surface area (TPSA) is 75.3 Å². The second-order valence-corrected chi connectivity index (χ2v) is 10.4. The molecule has 3 rings (SSSR count).